The smallest absolute Gasteiger partial charge is 0.273 e. The topological polar surface area (TPSA) is 58.2 Å². The van der Waals surface area contributed by atoms with Crippen molar-refractivity contribution in [3.63, 3.8) is 0 Å². The minimum atomic E-state index is -0.214. The highest BCUT2D eigenvalue weighted by Crippen LogP contribution is 2.32. The molecule has 1 heterocycles. The molecule has 0 saturated heterocycles. The van der Waals surface area contributed by atoms with Gasteiger partial charge in [-0.05, 0) is 42.7 Å². The molecule has 1 aliphatic carbocycles. The van der Waals surface area contributed by atoms with E-state index in [2.05, 4.69) is 17.8 Å². The van der Waals surface area contributed by atoms with Crippen molar-refractivity contribution in [2.24, 2.45) is 11.8 Å². The van der Waals surface area contributed by atoms with E-state index in [1.165, 1.54) is 16.9 Å². The van der Waals surface area contributed by atoms with Crippen molar-refractivity contribution in [2.75, 3.05) is 0 Å². The molecule has 4 nitrogen and oxygen atoms in total. The fraction of sp³-hybridized carbons (Fsp3) is 0.600. The maximum Gasteiger partial charge on any atom is 0.279 e. The van der Waals surface area contributed by atoms with Crippen LogP contribution in [-0.2, 0) is 17.6 Å². The predicted molar refractivity (Wildman–Crippen MR) is 80.6 cm³/mol. The van der Waals surface area contributed by atoms with Crippen LogP contribution in [0.15, 0.2) is 6.07 Å². The lowest BCUT2D eigenvalue weighted by atomic mass is 9.90. The van der Waals surface area contributed by atoms with Gasteiger partial charge in [-0.25, -0.2) is 0 Å². The van der Waals surface area contributed by atoms with E-state index in [0.717, 1.165) is 12.8 Å². The summed E-state index contributed by atoms with van der Waals surface area (Å²) in [5, 5.41) is 0. The van der Waals surface area contributed by atoms with Gasteiger partial charge in [0.05, 0.1) is 4.88 Å². The molecule has 5 heteroatoms. The van der Waals surface area contributed by atoms with Gasteiger partial charge < -0.3 is 0 Å². The number of fused-ring (bicyclic) bond motifs is 1. The Morgan fingerprint density at radius 1 is 1.40 bits per heavy atom. The second-order valence-electron chi connectivity index (χ2n) is 6.01. The summed E-state index contributed by atoms with van der Waals surface area (Å²) >= 11 is 1.55. The summed E-state index contributed by atoms with van der Waals surface area (Å²) in [5.74, 6) is 0.610. The van der Waals surface area contributed by atoms with E-state index in [0.29, 0.717) is 17.2 Å². The minimum absolute atomic E-state index is 0.150. The number of hydrogen-bond acceptors (Lipinski definition) is 3. The van der Waals surface area contributed by atoms with E-state index in [4.69, 9.17) is 0 Å². The molecule has 0 fully saturated rings. The normalized spacial score (nSPS) is 17.7. The molecule has 1 aliphatic rings. The van der Waals surface area contributed by atoms with Crippen molar-refractivity contribution in [2.45, 2.75) is 46.5 Å². The van der Waals surface area contributed by atoms with Gasteiger partial charge in [-0.3, -0.25) is 20.4 Å². The van der Waals surface area contributed by atoms with E-state index < -0.39 is 0 Å². The number of hydrogen-bond donors (Lipinski definition) is 2. The van der Waals surface area contributed by atoms with Crippen LogP contribution in [0.2, 0.25) is 0 Å². The highest BCUT2D eigenvalue weighted by Gasteiger charge is 2.20. The summed E-state index contributed by atoms with van der Waals surface area (Å²) in [4.78, 5) is 25.5. The Kier molecular flexibility index (Phi) is 4.81. The SMILES string of the molecule is CC(C)CC(=O)NNC(=O)c1cc2c(s1)CC[C@H](C)C2. The number of aryl methyl sites for hydroxylation is 1. The highest BCUT2D eigenvalue weighted by atomic mass is 32.1. The summed E-state index contributed by atoms with van der Waals surface area (Å²) in [6.07, 6.45) is 3.73. The number of carbonyl (C=O) groups excluding carboxylic acids is 2. The molecule has 110 valence electrons. The van der Waals surface area contributed by atoms with Crippen LogP contribution in [-0.4, -0.2) is 11.8 Å². The molecule has 1 atom stereocenters. The lowest BCUT2D eigenvalue weighted by Gasteiger charge is -2.16. The Hall–Kier alpha value is -1.36. The first-order valence-electron chi connectivity index (χ1n) is 7.16. The van der Waals surface area contributed by atoms with Crippen LogP contribution in [0.5, 0.6) is 0 Å². The molecule has 0 aliphatic heterocycles. The minimum Gasteiger partial charge on any atom is -0.273 e. The van der Waals surface area contributed by atoms with Crippen molar-refractivity contribution in [1.82, 2.24) is 10.9 Å². The Bertz CT molecular complexity index is 508. The zero-order valence-electron chi connectivity index (χ0n) is 12.3. The predicted octanol–water partition coefficient (Wildman–Crippen LogP) is 2.68. The van der Waals surface area contributed by atoms with Crippen LogP contribution in [0.4, 0.5) is 0 Å². The van der Waals surface area contributed by atoms with Gasteiger partial charge in [0.1, 0.15) is 0 Å². The summed E-state index contributed by atoms with van der Waals surface area (Å²) in [6, 6.07) is 1.97. The molecule has 2 N–H and O–H groups in total. The Balaban J connectivity index is 1.92. The first-order valence-corrected chi connectivity index (χ1v) is 7.98. The van der Waals surface area contributed by atoms with Gasteiger partial charge in [0.25, 0.3) is 5.91 Å². The average molecular weight is 294 g/mol. The first kappa shape index (κ1) is 15.0. The van der Waals surface area contributed by atoms with Crippen LogP contribution < -0.4 is 10.9 Å². The van der Waals surface area contributed by atoms with Crippen molar-refractivity contribution < 1.29 is 9.59 Å². The van der Waals surface area contributed by atoms with E-state index in [-0.39, 0.29) is 17.7 Å². The standard InChI is InChI=1S/C15H22N2O2S/c1-9(2)6-14(18)16-17-15(19)13-8-11-7-10(3)4-5-12(11)20-13/h8-10H,4-7H2,1-3H3,(H,16,18)(H,17,19)/t10-/m0/s1. The highest BCUT2D eigenvalue weighted by molar-refractivity contribution is 7.14. The first-order chi connectivity index (χ1) is 9.45. The molecular formula is C15H22N2O2S. The third kappa shape index (κ3) is 3.82. The van der Waals surface area contributed by atoms with E-state index in [1.54, 1.807) is 11.3 Å². The Morgan fingerprint density at radius 3 is 2.85 bits per heavy atom. The van der Waals surface area contributed by atoms with Crippen LogP contribution in [0, 0.1) is 11.8 Å². The van der Waals surface area contributed by atoms with Crippen molar-refractivity contribution in [1.29, 1.82) is 0 Å². The molecule has 0 saturated carbocycles. The molecule has 1 aromatic heterocycles. The van der Waals surface area contributed by atoms with E-state index in [1.807, 2.05) is 19.9 Å². The van der Waals surface area contributed by atoms with Crippen molar-refractivity contribution >= 4 is 23.2 Å². The zero-order valence-corrected chi connectivity index (χ0v) is 13.1. The van der Waals surface area contributed by atoms with Crippen LogP contribution >= 0.6 is 11.3 Å². The second-order valence-corrected chi connectivity index (χ2v) is 7.14. The average Bonchev–Trinajstić information content (AvgIpc) is 2.78. The van der Waals surface area contributed by atoms with E-state index >= 15 is 0 Å². The van der Waals surface area contributed by atoms with Gasteiger partial charge in [-0.15, -0.1) is 11.3 Å². The summed E-state index contributed by atoms with van der Waals surface area (Å²) in [6.45, 7) is 6.18. The van der Waals surface area contributed by atoms with Crippen LogP contribution in [0.3, 0.4) is 0 Å². The summed E-state index contributed by atoms with van der Waals surface area (Å²) < 4.78 is 0. The number of thiophene rings is 1. The van der Waals surface area contributed by atoms with Gasteiger partial charge >= 0.3 is 0 Å². The fourth-order valence-corrected chi connectivity index (χ4v) is 3.53. The number of hydrazine groups is 1. The van der Waals surface area contributed by atoms with Gasteiger partial charge in [0.15, 0.2) is 0 Å². The molecule has 20 heavy (non-hydrogen) atoms. The van der Waals surface area contributed by atoms with Gasteiger partial charge in [-0.2, -0.15) is 0 Å². The number of amides is 2. The van der Waals surface area contributed by atoms with Crippen molar-refractivity contribution in [3.8, 4) is 0 Å². The Morgan fingerprint density at radius 2 is 2.15 bits per heavy atom. The third-order valence-corrected chi connectivity index (χ3v) is 4.70. The molecular weight excluding hydrogens is 272 g/mol. The monoisotopic (exact) mass is 294 g/mol. The lowest BCUT2D eigenvalue weighted by molar-refractivity contribution is -0.122. The molecule has 0 bridgehead atoms. The fourth-order valence-electron chi connectivity index (χ4n) is 2.43. The summed E-state index contributed by atoms with van der Waals surface area (Å²) in [7, 11) is 0. The number of nitrogens with one attached hydrogen (secondary N) is 2. The van der Waals surface area contributed by atoms with Crippen molar-refractivity contribution in [3.05, 3.63) is 21.4 Å². The van der Waals surface area contributed by atoms with E-state index in [9.17, 15) is 9.59 Å². The molecule has 0 radical (unpaired) electrons. The molecule has 0 spiro atoms. The van der Waals surface area contributed by atoms with Gasteiger partial charge in [-0.1, -0.05) is 20.8 Å². The Labute approximate surface area is 123 Å². The zero-order chi connectivity index (χ0) is 14.7. The largest absolute Gasteiger partial charge is 0.279 e. The molecule has 0 unspecified atom stereocenters. The maximum absolute atomic E-state index is 12.0. The van der Waals surface area contributed by atoms with Gasteiger partial charge in [0, 0.05) is 11.3 Å². The molecule has 2 rings (SSSR count). The number of carbonyl (C=O) groups is 2. The third-order valence-electron chi connectivity index (χ3n) is 3.46. The molecule has 2 amide bonds. The van der Waals surface area contributed by atoms with Crippen LogP contribution in [0.25, 0.3) is 0 Å². The summed E-state index contributed by atoms with van der Waals surface area (Å²) in [5.41, 5.74) is 6.26. The lowest BCUT2D eigenvalue weighted by Crippen LogP contribution is -2.41. The van der Waals surface area contributed by atoms with Crippen LogP contribution in [0.1, 0.15) is 53.7 Å². The quantitative estimate of drug-likeness (QED) is 0.842. The number of rotatable bonds is 3. The molecule has 1 aromatic rings. The van der Waals surface area contributed by atoms with Gasteiger partial charge in [0.2, 0.25) is 5.91 Å². The second kappa shape index (κ2) is 6.39. The maximum atomic E-state index is 12.0. The molecule has 0 aromatic carbocycles.